The van der Waals surface area contributed by atoms with Crippen LogP contribution in [0.3, 0.4) is 0 Å². The summed E-state index contributed by atoms with van der Waals surface area (Å²) in [6, 6.07) is 2.61. The topological polar surface area (TPSA) is 114 Å². The first kappa shape index (κ1) is 17.1. The highest BCUT2D eigenvalue weighted by molar-refractivity contribution is 6.06. The van der Waals surface area contributed by atoms with Crippen LogP contribution in [0.5, 0.6) is 0 Å². The van der Waals surface area contributed by atoms with Crippen molar-refractivity contribution in [3.63, 3.8) is 0 Å². The van der Waals surface area contributed by atoms with Gasteiger partial charge >= 0.3 is 5.97 Å². The summed E-state index contributed by atoms with van der Waals surface area (Å²) in [6.45, 7) is 0. The molecule has 0 atom stereocenters. The molecule has 0 radical (unpaired) electrons. The first-order chi connectivity index (χ1) is 12.8. The molecule has 4 rings (SSSR count). The lowest BCUT2D eigenvalue weighted by Crippen LogP contribution is -2.15. The molecule has 3 aromatic rings. The van der Waals surface area contributed by atoms with E-state index in [4.69, 9.17) is 5.11 Å². The third-order valence-electron chi connectivity index (χ3n) is 4.21. The summed E-state index contributed by atoms with van der Waals surface area (Å²) in [5, 5.41) is 19.2. The maximum atomic E-state index is 13.4. The van der Waals surface area contributed by atoms with Crippen LogP contribution in [0.4, 0.5) is 14.5 Å². The molecule has 27 heavy (non-hydrogen) atoms. The fourth-order valence-corrected chi connectivity index (χ4v) is 2.80. The Morgan fingerprint density at radius 3 is 2.67 bits per heavy atom. The number of anilines is 1. The molecular weight excluding hydrogens is 362 g/mol. The molecule has 0 spiro atoms. The Kier molecular flexibility index (Phi) is 3.86. The van der Waals surface area contributed by atoms with Gasteiger partial charge in [0, 0.05) is 30.9 Å². The number of aryl methyl sites for hydroxylation is 1. The van der Waals surface area contributed by atoms with Crippen molar-refractivity contribution in [1.82, 2.24) is 24.4 Å². The number of carboxylic acids is 1. The van der Waals surface area contributed by atoms with Crippen LogP contribution in [0.1, 0.15) is 57.5 Å². The van der Waals surface area contributed by atoms with Crippen LogP contribution in [0, 0.1) is 0 Å². The molecule has 0 saturated heterocycles. The average Bonchev–Trinajstić information content (AvgIpc) is 3.25. The fraction of sp³-hybridized carbons (Fsp3) is 0.312. The first-order valence-corrected chi connectivity index (χ1v) is 8.10. The van der Waals surface area contributed by atoms with Crippen molar-refractivity contribution in [3.05, 3.63) is 41.1 Å². The normalized spacial score (nSPS) is 14.1. The van der Waals surface area contributed by atoms with Gasteiger partial charge in [-0.3, -0.25) is 9.48 Å². The number of aromatic carboxylic acids is 1. The maximum absolute atomic E-state index is 13.4. The molecule has 11 heteroatoms. The predicted molar refractivity (Wildman–Crippen MR) is 88.0 cm³/mol. The van der Waals surface area contributed by atoms with Crippen LogP contribution in [0.25, 0.3) is 5.65 Å². The van der Waals surface area contributed by atoms with Gasteiger partial charge in [-0.25, -0.2) is 23.1 Å². The molecule has 0 aliphatic heterocycles. The van der Waals surface area contributed by atoms with Gasteiger partial charge in [-0.05, 0) is 18.9 Å². The van der Waals surface area contributed by atoms with Gasteiger partial charge in [0.25, 0.3) is 12.3 Å². The lowest BCUT2D eigenvalue weighted by molar-refractivity contribution is 0.0690. The Morgan fingerprint density at radius 1 is 1.30 bits per heavy atom. The number of rotatable bonds is 5. The number of aromatic nitrogens is 5. The number of hydrogen-bond donors (Lipinski definition) is 2. The Hall–Kier alpha value is -3.37. The first-order valence-electron chi connectivity index (χ1n) is 8.10. The number of fused-ring (bicyclic) bond motifs is 1. The van der Waals surface area contributed by atoms with Gasteiger partial charge in [0.1, 0.15) is 5.69 Å². The average molecular weight is 376 g/mol. The van der Waals surface area contributed by atoms with Crippen molar-refractivity contribution in [3.8, 4) is 0 Å². The number of carbonyl (C=O) groups excluding carboxylic acids is 1. The van der Waals surface area contributed by atoms with Crippen LogP contribution in [-0.4, -0.2) is 41.4 Å². The molecule has 140 valence electrons. The zero-order valence-electron chi connectivity index (χ0n) is 14.1. The number of nitrogens with one attached hydrogen (secondary N) is 1. The van der Waals surface area contributed by atoms with Crippen molar-refractivity contribution in [1.29, 1.82) is 0 Å². The van der Waals surface area contributed by atoms with E-state index in [1.807, 2.05) is 0 Å². The summed E-state index contributed by atoms with van der Waals surface area (Å²) < 4.78 is 29.0. The van der Waals surface area contributed by atoms with E-state index in [0.717, 1.165) is 17.4 Å². The number of alkyl halides is 2. The number of nitrogens with zero attached hydrogens (tertiary/aromatic N) is 5. The van der Waals surface area contributed by atoms with E-state index in [-0.39, 0.29) is 34.3 Å². The van der Waals surface area contributed by atoms with Crippen molar-refractivity contribution >= 4 is 23.2 Å². The predicted octanol–water partition coefficient (Wildman–Crippen LogP) is 2.23. The highest BCUT2D eigenvalue weighted by Gasteiger charge is 2.28. The summed E-state index contributed by atoms with van der Waals surface area (Å²) in [5.41, 5.74) is -0.148. The Bertz CT molecular complexity index is 1070. The molecule has 1 saturated carbocycles. The minimum absolute atomic E-state index is 0.0206. The molecule has 0 unspecified atom stereocenters. The fourth-order valence-electron chi connectivity index (χ4n) is 2.80. The monoisotopic (exact) mass is 376 g/mol. The van der Waals surface area contributed by atoms with Crippen LogP contribution >= 0.6 is 0 Å². The van der Waals surface area contributed by atoms with Gasteiger partial charge in [0.15, 0.2) is 17.0 Å². The zero-order valence-corrected chi connectivity index (χ0v) is 14.1. The summed E-state index contributed by atoms with van der Waals surface area (Å²) in [4.78, 5) is 27.9. The van der Waals surface area contributed by atoms with Crippen LogP contribution in [0.2, 0.25) is 0 Å². The molecule has 2 N–H and O–H groups in total. The number of amides is 1. The van der Waals surface area contributed by atoms with Crippen LogP contribution < -0.4 is 5.32 Å². The van der Waals surface area contributed by atoms with Crippen LogP contribution in [0.15, 0.2) is 18.3 Å². The molecule has 3 aromatic heterocycles. The Balaban J connectivity index is 1.70. The molecule has 3 heterocycles. The Labute approximate surface area is 150 Å². The minimum atomic E-state index is -2.78. The number of halogens is 2. The third-order valence-corrected chi connectivity index (χ3v) is 4.21. The van der Waals surface area contributed by atoms with E-state index in [2.05, 4.69) is 20.5 Å². The quantitative estimate of drug-likeness (QED) is 0.706. The van der Waals surface area contributed by atoms with Gasteiger partial charge in [0.05, 0.1) is 5.69 Å². The van der Waals surface area contributed by atoms with Crippen molar-refractivity contribution < 1.29 is 23.5 Å². The SMILES string of the molecule is Cn1cc(NC(=O)c2cc3nc(C4CC4)cc(C(F)F)n3n2)c(C(=O)O)n1. The summed E-state index contributed by atoms with van der Waals surface area (Å²) >= 11 is 0. The van der Waals surface area contributed by atoms with E-state index in [0.29, 0.717) is 5.69 Å². The highest BCUT2D eigenvalue weighted by atomic mass is 19.3. The Morgan fingerprint density at radius 2 is 2.04 bits per heavy atom. The zero-order chi connectivity index (χ0) is 19.3. The summed E-state index contributed by atoms with van der Waals surface area (Å²) in [6.07, 6.45) is 0.338. The maximum Gasteiger partial charge on any atom is 0.358 e. The number of hydrogen-bond acceptors (Lipinski definition) is 5. The number of carboxylic acid groups (broad SMARTS) is 1. The van der Waals surface area contributed by atoms with Gasteiger partial charge in [0.2, 0.25) is 0 Å². The summed E-state index contributed by atoms with van der Waals surface area (Å²) in [5.74, 6) is -1.89. The van der Waals surface area contributed by atoms with Crippen LogP contribution in [-0.2, 0) is 7.05 Å². The molecule has 1 fully saturated rings. The molecule has 0 bridgehead atoms. The van der Waals surface area contributed by atoms with Gasteiger partial charge in [-0.15, -0.1) is 0 Å². The van der Waals surface area contributed by atoms with E-state index in [1.54, 1.807) is 0 Å². The second-order valence-electron chi connectivity index (χ2n) is 6.30. The molecule has 1 amide bonds. The van der Waals surface area contributed by atoms with E-state index < -0.39 is 18.3 Å². The van der Waals surface area contributed by atoms with E-state index in [1.165, 1.54) is 30.1 Å². The molecule has 1 aliphatic rings. The van der Waals surface area contributed by atoms with Gasteiger partial charge in [-0.2, -0.15) is 10.2 Å². The van der Waals surface area contributed by atoms with Crippen molar-refractivity contribution in [2.75, 3.05) is 5.32 Å². The van der Waals surface area contributed by atoms with Gasteiger partial charge in [-0.1, -0.05) is 0 Å². The van der Waals surface area contributed by atoms with Gasteiger partial charge < -0.3 is 10.4 Å². The standard InChI is InChI=1S/C16H14F2N6O3/c1-23-6-10(13(22-23)16(26)27)20-15(25)9-5-12-19-8(7-2-3-7)4-11(14(17)18)24(12)21-9/h4-7,14H,2-3H2,1H3,(H,20,25)(H,26,27). The largest absolute Gasteiger partial charge is 0.476 e. The van der Waals surface area contributed by atoms with E-state index >= 15 is 0 Å². The lowest BCUT2D eigenvalue weighted by atomic mass is 10.2. The molecular formula is C16H14F2N6O3. The highest BCUT2D eigenvalue weighted by Crippen LogP contribution is 2.40. The lowest BCUT2D eigenvalue weighted by Gasteiger charge is -2.06. The minimum Gasteiger partial charge on any atom is -0.476 e. The van der Waals surface area contributed by atoms with Crippen molar-refractivity contribution in [2.45, 2.75) is 25.2 Å². The molecule has 0 aromatic carbocycles. The summed E-state index contributed by atoms with van der Waals surface area (Å²) in [7, 11) is 1.51. The van der Waals surface area contributed by atoms with E-state index in [9.17, 15) is 18.4 Å². The molecule has 1 aliphatic carbocycles. The smallest absolute Gasteiger partial charge is 0.358 e. The number of carbonyl (C=O) groups is 2. The molecule has 9 nitrogen and oxygen atoms in total. The second kappa shape index (κ2) is 6.11. The second-order valence-corrected chi connectivity index (χ2v) is 6.30. The third kappa shape index (κ3) is 3.11. The van der Waals surface area contributed by atoms with Crippen molar-refractivity contribution in [2.24, 2.45) is 7.05 Å².